The van der Waals surface area contributed by atoms with E-state index in [9.17, 15) is 0 Å². The molecule has 1 saturated heterocycles. The van der Waals surface area contributed by atoms with Crippen molar-refractivity contribution in [2.75, 3.05) is 26.2 Å². The van der Waals surface area contributed by atoms with E-state index in [-0.39, 0.29) is 0 Å². The normalized spacial score (nSPS) is 25.5. The van der Waals surface area contributed by atoms with Crippen LogP contribution in [0.15, 0.2) is 0 Å². The molecule has 1 heterocycles. The summed E-state index contributed by atoms with van der Waals surface area (Å²) in [6.07, 6.45) is 7.06. The molecule has 0 aromatic carbocycles. The SMILES string of the molecule is NC(=S)N1CCN(C2CCCCC2)CC1. The lowest BCUT2D eigenvalue weighted by molar-refractivity contribution is 0.108. The molecule has 0 unspecified atom stereocenters. The molecule has 1 aliphatic heterocycles. The highest BCUT2D eigenvalue weighted by molar-refractivity contribution is 7.80. The molecule has 0 amide bonds. The van der Waals surface area contributed by atoms with Gasteiger partial charge in [-0.15, -0.1) is 0 Å². The lowest BCUT2D eigenvalue weighted by Crippen LogP contribution is -2.53. The summed E-state index contributed by atoms with van der Waals surface area (Å²) in [6.45, 7) is 4.32. The molecular weight excluding hydrogens is 206 g/mol. The topological polar surface area (TPSA) is 32.5 Å². The first-order valence-electron chi connectivity index (χ1n) is 6.06. The summed E-state index contributed by atoms with van der Waals surface area (Å²) in [5.74, 6) is 0. The van der Waals surface area contributed by atoms with E-state index >= 15 is 0 Å². The average molecular weight is 227 g/mol. The first kappa shape index (κ1) is 11.1. The van der Waals surface area contributed by atoms with E-state index in [1.54, 1.807) is 0 Å². The van der Waals surface area contributed by atoms with Gasteiger partial charge in [-0.3, -0.25) is 4.90 Å². The second-order valence-electron chi connectivity index (χ2n) is 4.65. The van der Waals surface area contributed by atoms with Crippen LogP contribution in [0.2, 0.25) is 0 Å². The van der Waals surface area contributed by atoms with Crippen molar-refractivity contribution in [3.63, 3.8) is 0 Å². The van der Waals surface area contributed by atoms with Gasteiger partial charge in [-0.25, -0.2) is 0 Å². The minimum atomic E-state index is 0.568. The monoisotopic (exact) mass is 227 g/mol. The molecule has 2 N–H and O–H groups in total. The van der Waals surface area contributed by atoms with Gasteiger partial charge in [0.25, 0.3) is 0 Å². The highest BCUT2D eigenvalue weighted by Gasteiger charge is 2.25. The molecule has 0 aromatic heterocycles. The molecule has 0 atom stereocenters. The van der Waals surface area contributed by atoms with E-state index in [1.165, 1.54) is 32.1 Å². The highest BCUT2D eigenvalue weighted by atomic mass is 32.1. The number of hydrogen-bond donors (Lipinski definition) is 1. The fourth-order valence-electron chi connectivity index (χ4n) is 2.75. The zero-order chi connectivity index (χ0) is 10.7. The van der Waals surface area contributed by atoms with Crippen molar-refractivity contribution in [2.24, 2.45) is 5.73 Å². The minimum Gasteiger partial charge on any atom is -0.376 e. The standard InChI is InChI=1S/C11H21N3S/c12-11(15)14-8-6-13(7-9-14)10-4-2-1-3-5-10/h10H,1-9H2,(H2,12,15). The molecular formula is C11H21N3S. The Hall–Kier alpha value is -0.350. The number of rotatable bonds is 1. The maximum atomic E-state index is 5.63. The number of nitrogens with two attached hydrogens (primary N) is 1. The van der Waals surface area contributed by atoms with Gasteiger partial charge in [0.15, 0.2) is 5.11 Å². The molecule has 1 saturated carbocycles. The summed E-state index contributed by atoms with van der Waals surface area (Å²) >= 11 is 5.00. The fourth-order valence-corrected chi connectivity index (χ4v) is 2.94. The lowest BCUT2D eigenvalue weighted by Gasteiger charge is -2.40. The predicted molar refractivity (Wildman–Crippen MR) is 66.8 cm³/mol. The van der Waals surface area contributed by atoms with Crippen LogP contribution in [-0.2, 0) is 0 Å². The molecule has 0 spiro atoms. The summed E-state index contributed by atoms with van der Waals surface area (Å²) in [7, 11) is 0. The Bertz CT molecular complexity index is 218. The van der Waals surface area contributed by atoms with Crippen LogP contribution < -0.4 is 5.73 Å². The maximum absolute atomic E-state index is 5.63. The van der Waals surface area contributed by atoms with E-state index in [4.69, 9.17) is 18.0 Å². The largest absolute Gasteiger partial charge is 0.376 e. The van der Waals surface area contributed by atoms with Crippen molar-refractivity contribution in [2.45, 2.75) is 38.1 Å². The fraction of sp³-hybridized carbons (Fsp3) is 0.909. The van der Waals surface area contributed by atoms with Gasteiger partial charge in [-0.1, -0.05) is 19.3 Å². The van der Waals surface area contributed by atoms with Crippen molar-refractivity contribution >= 4 is 17.3 Å². The van der Waals surface area contributed by atoms with Crippen LogP contribution in [-0.4, -0.2) is 47.1 Å². The first-order chi connectivity index (χ1) is 7.27. The molecule has 2 aliphatic rings. The Balaban J connectivity index is 1.79. The van der Waals surface area contributed by atoms with Gasteiger partial charge in [0.1, 0.15) is 0 Å². The zero-order valence-electron chi connectivity index (χ0n) is 9.32. The smallest absolute Gasteiger partial charge is 0.166 e. The van der Waals surface area contributed by atoms with Crippen LogP contribution in [0.25, 0.3) is 0 Å². The molecule has 15 heavy (non-hydrogen) atoms. The van der Waals surface area contributed by atoms with Crippen LogP contribution in [0.4, 0.5) is 0 Å². The van der Waals surface area contributed by atoms with Gasteiger partial charge in [0, 0.05) is 32.2 Å². The van der Waals surface area contributed by atoms with E-state index in [0.29, 0.717) is 5.11 Å². The molecule has 2 rings (SSSR count). The van der Waals surface area contributed by atoms with Gasteiger partial charge in [-0.05, 0) is 25.1 Å². The second kappa shape index (κ2) is 5.12. The molecule has 0 bridgehead atoms. The Morgan fingerprint density at radius 3 is 2.13 bits per heavy atom. The molecule has 3 nitrogen and oxygen atoms in total. The Morgan fingerprint density at radius 1 is 1.00 bits per heavy atom. The summed E-state index contributed by atoms with van der Waals surface area (Å²) in [5.41, 5.74) is 5.63. The van der Waals surface area contributed by atoms with Crippen molar-refractivity contribution in [3.8, 4) is 0 Å². The van der Waals surface area contributed by atoms with Gasteiger partial charge >= 0.3 is 0 Å². The number of hydrogen-bond acceptors (Lipinski definition) is 2. The Morgan fingerprint density at radius 2 is 1.60 bits per heavy atom. The Kier molecular flexibility index (Phi) is 3.81. The third kappa shape index (κ3) is 2.82. The van der Waals surface area contributed by atoms with E-state index in [0.717, 1.165) is 32.2 Å². The van der Waals surface area contributed by atoms with Gasteiger partial charge in [0.05, 0.1) is 0 Å². The van der Waals surface area contributed by atoms with Crippen LogP contribution in [0, 0.1) is 0 Å². The van der Waals surface area contributed by atoms with E-state index in [1.807, 2.05) is 0 Å². The first-order valence-corrected chi connectivity index (χ1v) is 6.46. The molecule has 86 valence electrons. The van der Waals surface area contributed by atoms with Crippen LogP contribution >= 0.6 is 12.2 Å². The third-order valence-corrected chi connectivity index (χ3v) is 3.98. The predicted octanol–water partition coefficient (Wildman–Crippen LogP) is 1.18. The quantitative estimate of drug-likeness (QED) is 0.682. The van der Waals surface area contributed by atoms with Gasteiger partial charge < -0.3 is 10.6 Å². The zero-order valence-corrected chi connectivity index (χ0v) is 10.1. The summed E-state index contributed by atoms with van der Waals surface area (Å²) in [4.78, 5) is 4.75. The molecule has 0 aromatic rings. The molecule has 2 fully saturated rings. The highest BCUT2D eigenvalue weighted by Crippen LogP contribution is 2.23. The third-order valence-electron chi connectivity index (χ3n) is 3.72. The van der Waals surface area contributed by atoms with Crippen LogP contribution in [0.3, 0.4) is 0 Å². The van der Waals surface area contributed by atoms with Crippen LogP contribution in [0.5, 0.6) is 0 Å². The van der Waals surface area contributed by atoms with Crippen molar-refractivity contribution in [1.29, 1.82) is 0 Å². The average Bonchev–Trinajstić information content (AvgIpc) is 2.30. The van der Waals surface area contributed by atoms with Gasteiger partial charge in [0.2, 0.25) is 0 Å². The van der Waals surface area contributed by atoms with E-state index < -0.39 is 0 Å². The van der Waals surface area contributed by atoms with Crippen molar-refractivity contribution in [3.05, 3.63) is 0 Å². The minimum absolute atomic E-state index is 0.568. The summed E-state index contributed by atoms with van der Waals surface area (Å²) in [5, 5.41) is 0.568. The lowest BCUT2D eigenvalue weighted by atomic mass is 9.94. The number of nitrogens with zero attached hydrogens (tertiary/aromatic N) is 2. The second-order valence-corrected chi connectivity index (χ2v) is 5.07. The van der Waals surface area contributed by atoms with Crippen molar-refractivity contribution in [1.82, 2.24) is 9.80 Å². The molecule has 1 aliphatic carbocycles. The number of piperazine rings is 1. The summed E-state index contributed by atoms with van der Waals surface area (Å²) in [6, 6.07) is 0.840. The maximum Gasteiger partial charge on any atom is 0.166 e. The molecule has 0 radical (unpaired) electrons. The van der Waals surface area contributed by atoms with E-state index in [2.05, 4.69) is 9.80 Å². The summed E-state index contributed by atoms with van der Waals surface area (Å²) < 4.78 is 0. The van der Waals surface area contributed by atoms with Crippen molar-refractivity contribution < 1.29 is 0 Å². The number of thiocarbonyl (C=S) groups is 1. The van der Waals surface area contributed by atoms with Gasteiger partial charge in [-0.2, -0.15) is 0 Å². The Labute approximate surface area is 97.6 Å². The molecule has 4 heteroatoms. The van der Waals surface area contributed by atoms with Crippen LogP contribution in [0.1, 0.15) is 32.1 Å².